The highest BCUT2D eigenvalue weighted by Crippen LogP contribution is 2.36. The first-order valence-electron chi connectivity index (χ1n) is 10.9. The zero-order valence-corrected chi connectivity index (χ0v) is 21.0. The smallest absolute Gasteiger partial charge is 0.445 e. The van der Waals surface area contributed by atoms with Crippen LogP contribution in [-0.4, -0.2) is 70.7 Å². The Morgan fingerprint density at radius 1 is 1.18 bits per heavy atom. The van der Waals surface area contributed by atoms with Gasteiger partial charge in [-0.05, 0) is 16.5 Å². The summed E-state index contributed by atoms with van der Waals surface area (Å²) in [7, 11) is -1.07. The monoisotopic (exact) mass is 479 g/mol. The Kier molecular flexibility index (Phi) is 9.70. The Hall–Kier alpha value is -3.08. The van der Waals surface area contributed by atoms with Gasteiger partial charge in [0.1, 0.15) is 35.5 Å². The Bertz CT molecular complexity index is 819. The number of nitrogens with zero attached hydrogens (tertiary/aromatic N) is 1. The number of hydrogen-bond donors (Lipinski definition) is 2. The highest BCUT2D eigenvalue weighted by Gasteiger charge is 2.50. The summed E-state index contributed by atoms with van der Waals surface area (Å²) in [5.41, 5.74) is 0.826. The summed E-state index contributed by atoms with van der Waals surface area (Å²) in [6.45, 7) is 8.52. The van der Waals surface area contributed by atoms with Gasteiger partial charge in [0.15, 0.2) is 0 Å². The number of nitrogens with one attached hydrogen (secondary N) is 2. The second-order valence-corrected chi connectivity index (χ2v) is 11.7. The molecule has 0 bridgehead atoms. The molecule has 33 heavy (non-hydrogen) atoms. The molecule has 1 aliphatic heterocycles. The summed E-state index contributed by atoms with van der Waals surface area (Å²) in [6.07, 6.45) is -1.12. The molecule has 2 unspecified atom stereocenters. The van der Waals surface area contributed by atoms with Gasteiger partial charge < -0.3 is 29.4 Å². The van der Waals surface area contributed by atoms with Crippen LogP contribution in [0.1, 0.15) is 33.3 Å². The fourth-order valence-corrected chi connectivity index (χ4v) is 5.25. The molecule has 1 aromatic carbocycles. The maximum atomic E-state index is 12.8. The Morgan fingerprint density at radius 2 is 1.88 bits per heavy atom. The van der Waals surface area contributed by atoms with E-state index < -0.39 is 34.0 Å². The lowest BCUT2D eigenvalue weighted by molar-refractivity contribution is -0.145. The first-order chi connectivity index (χ1) is 15.7. The normalized spacial score (nSPS) is 18.1. The number of amides is 3. The van der Waals surface area contributed by atoms with E-state index in [4.69, 9.17) is 14.2 Å². The minimum atomic E-state index is -1.07. The summed E-state index contributed by atoms with van der Waals surface area (Å²) in [4.78, 5) is 47.2. The van der Waals surface area contributed by atoms with Crippen LogP contribution in [0.2, 0.25) is 5.04 Å². The molecule has 1 saturated heterocycles. The third-order valence-electron chi connectivity index (χ3n) is 5.88. The minimum absolute atomic E-state index is 0.0342. The van der Waals surface area contributed by atoms with Crippen LogP contribution in [0.5, 0.6) is 0 Å². The molecule has 1 aliphatic rings. The van der Waals surface area contributed by atoms with E-state index in [9.17, 15) is 19.2 Å². The van der Waals surface area contributed by atoms with Gasteiger partial charge in [-0.25, -0.2) is 9.59 Å². The van der Waals surface area contributed by atoms with Crippen molar-refractivity contribution in [3.63, 3.8) is 0 Å². The number of ether oxygens (including phenoxy) is 3. The quantitative estimate of drug-likeness (QED) is 0.152. The van der Waals surface area contributed by atoms with Crippen molar-refractivity contribution >= 4 is 34.2 Å². The van der Waals surface area contributed by atoms with Gasteiger partial charge in [0.2, 0.25) is 12.3 Å². The van der Waals surface area contributed by atoms with Gasteiger partial charge in [0.25, 0.3) is 0 Å². The van der Waals surface area contributed by atoms with Crippen LogP contribution in [0.15, 0.2) is 30.3 Å². The van der Waals surface area contributed by atoms with Gasteiger partial charge in [-0.3, -0.25) is 9.59 Å². The summed E-state index contributed by atoms with van der Waals surface area (Å²) in [5, 5.41) is 4.93. The molecule has 0 spiro atoms. The van der Waals surface area contributed by atoms with Gasteiger partial charge >= 0.3 is 12.2 Å². The highest BCUT2D eigenvalue weighted by molar-refractivity contribution is 6.42. The number of alkyl carbamates (subject to hydrolysis) is 1. The molecule has 2 atom stereocenters. The van der Waals surface area contributed by atoms with Crippen LogP contribution in [-0.2, 0) is 30.4 Å². The molecule has 182 valence electrons. The molecule has 0 aromatic heterocycles. The van der Waals surface area contributed by atoms with Gasteiger partial charge in [-0.1, -0.05) is 58.0 Å². The van der Waals surface area contributed by atoms with Crippen LogP contribution in [0.3, 0.4) is 0 Å². The topological polar surface area (TPSA) is 123 Å². The highest BCUT2D eigenvalue weighted by atomic mass is 28.2. The summed E-state index contributed by atoms with van der Waals surface area (Å²) < 4.78 is 17.0. The van der Waals surface area contributed by atoms with Gasteiger partial charge in [-0.2, -0.15) is 0 Å². The number of hydrogen-bond acceptors (Lipinski definition) is 7. The molecule has 10 nitrogen and oxygen atoms in total. The molecular weight excluding hydrogens is 446 g/mol. The van der Waals surface area contributed by atoms with E-state index >= 15 is 0 Å². The first-order valence-corrected chi connectivity index (χ1v) is 12.2. The SMILES string of the molecule is CC(C)C(C)(C)[SiH2]N1C(=O)C(NC(=O)OCc2ccccc2)C1COC(=O)OCCNC=O. The van der Waals surface area contributed by atoms with Crippen molar-refractivity contribution < 1.29 is 33.4 Å². The molecular formula is C22H33N3O7Si. The lowest BCUT2D eigenvalue weighted by atomic mass is 9.99. The summed E-state index contributed by atoms with van der Waals surface area (Å²) >= 11 is 0. The van der Waals surface area contributed by atoms with Crippen LogP contribution >= 0.6 is 0 Å². The fraction of sp³-hybridized carbons (Fsp3) is 0.545. The van der Waals surface area contributed by atoms with E-state index in [0.29, 0.717) is 12.3 Å². The number of carbonyl (C=O) groups is 4. The molecule has 1 aromatic rings. The van der Waals surface area contributed by atoms with Crippen molar-refractivity contribution in [2.45, 2.75) is 51.4 Å². The van der Waals surface area contributed by atoms with Crippen molar-refractivity contribution in [3.05, 3.63) is 35.9 Å². The fourth-order valence-electron chi connectivity index (χ4n) is 3.10. The van der Waals surface area contributed by atoms with Crippen molar-refractivity contribution in [3.8, 4) is 0 Å². The molecule has 0 radical (unpaired) electrons. The van der Waals surface area contributed by atoms with E-state index in [0.717, 1.165) is 5.56 Å². The second kappa shape index (κ2) is 12.2. The molecule has 11 heteroatoms. The zero-order chi connectivity index (χ0) is 24.4. The lowest BCUT2D eigenvalue weighted by Gasteiger charge is -2.50. The predicted molar refractivity (Wildman–Crippen MR) is 123 cm³/mol. The Balaban J connectivity index is 1.95. The summed E-state index contributed by atoms with van der Waals surface area (Å²) in [5.74, 6) is 0.154. The maximum absolute atomic E-state index is 12.8. The molecule has 0 aliphatic carbocycles. The molecule has 1 heterocycles. The maximum Gasteiger partial charge on any atom is 0.508 e. The van der Waals surface area contributed by atoms with E-state index in [1.54, 1.807) is 4.57 Å². The molecule has 1 fully saturated rings. The van der Waals surface area contributed by atoms with Crippen molar-refractivity contribution in [1.82, 2.24) is 15.2 Å². The van der Waals surface area contributed by atoms with E-state index in [1.165, 1.54) is 0 Å². The van der Waals surface area contributed by atoms with E-state index in [2.05, 4.69) is 38.3 Å². The van der Waals surface area contributed by atoms with E-state index in [1.807, 2.05) is 30.3 Å². The number of rotatable bonds is 12. The van der Waals surface area contributed by atoms with Gasteiger partial charge in [0, 0.05) is 0 Å². The van der Waals surface area contributed by atoms with Gasteiger partial charge in [0.05, 0.1) is 12.6 Å². The van der Waals surface area contributed by atoms with Crippen LogP contribution in [0.4, 0.5) is 9.59 Å². The average molecular weight is 480 g/mol. The third kappa shape index (κ3) is 7.77. The minimum Gasteiger partial charge on any atom is -0.445 e. The van der Waals surface area contributed by atoms with E-state index in [-0.39, 0.29) is 37.3 Å². The molecule has 2 rings (SSSR count). The van der Waals surface area contributed by atoms with Crippen molar-refractivity contribution in [2.24, 2.45) is 5.92 Å². The molecule has 3 amide bonds. The van der Waals surface area contributed by atoms with Crippen molar-refractivity contribution in [2.75, 3.05) is 19.8 Å². The third-order valence-corrected chi connectivity index (χ3v) is 8.64. The Labute approximate surface area is 196 Å². The van der Waals surface area contributed by atoms with Crippen LogP contribution in [0, 0.1) is 5.92 Å². The largest absolute Gasteiger partial charge is 0.508 e. The lowest BCUT2D eigenvalue weighted by Crippen LogP contribution is -2.74. The second-order valence-electron chi connectivity index (χ2n) is 8.84. The standard InChI is InChI=1S/C22H33N3O7Si/c1-15(2)22(3,4)33-25-17(13-32-21(29)30-11-10-23-14-26)18(19(25)27)24-20(28)31-12-16-8-6-5-7-9-16/h5-9,14-15,17-18H,10-13,33H2,1-4H3,(H,23,26)(H,24,28). The van der Waals surface area contributed by atoms with Crippen LogP contribution < -0.4 is 10.6 Å². The zero-order valence-electron chi connectivity index (χ0n) is 19.5. The molecule has 2 N–H and O–H groups in total. The van der Waals surface area contributed by atoms with Gasteiger partial charge in [-0.15, -0.1) is 0 Å². The summed E-state index contributed by atoms with van der Waals surface area (Å²) in [6, 6.07) is 7.87. The number of β-lactam (4-membered cyclic amide) rings is 1. The molecule has 0 saturated carbocycles. The number of benzene rings is 1. The Morgan fingerprint density at radius 3 is 2.52 bits per heavy atom. The van der Waals surface area contributed by atoms with Crippen LogP contribution in [0.25, 0.3) is 0 Å². The average Bonchev–Trinajstić information content (AvgIpc) is 2.79. The first kappa shape index (κ1) is 26.2. The predicted octanol–water partition coefficient (Wildman–Crippen LogP) is 1.33. The number of carbonyl (C=O) groups excluding carboxylic acids is 4. The van der Waals surface area contributed by atoms with Crippen molar-refractivity contribution in [1.29, 1.82) is 0 Å².